The van der Waals surface area contributed by atoms with E-state index in [4.69, 9.17) is 37.4 Å². The molecule has 0 bridgehead atoms. The predicted octanol–water partition coefficient (Wildman–Crippen LogP) is 14.8. The molecular formula is C48H60Br4O13. The highest BCUT2D eigenvalue weighted by Crippen LogP contribution is 2.34. The number of carbonyl (C=O) groups is 4. The highest BCUT2D eigenvalue weighted by atomic mass is 79.9. The van der Waals surface area contributed by atoms with Gasteiger partial charge in [-0.25, -0.2) is 4.79 Å². The summed E-state index contributed by atoms with van der Waals surface area (Å²) in [5, 5.41) is 25.8. The number of furan rings is 6. The Morgan fingerprint density at radius 2 is 0.969 bits per heavy atom. The first-order valence-electron chi connectivity index (χ1n) is 19.9. The number of halogens is 4. The number of aliphatic hydroxyl groups excluding tert-OH is 2. The number of hydrogen-bond acceptors (Lipinski definition) is 12. The Labute approximate surface area is 414 Å². The molecule has 358 valence electrons. The highest BCUT2D eigenvalue weighted by Gasteiger charge is 2.23. The molecule has 0 aromatic carbocycles. The SMILES string of the molecule is CC(=O)c1cc(C(C)(C)C)c(Br)o1.CC(=O)c1ccc(Br)o1.CC(C)(C)c1cc(CO)oc1Br.CC(C)(C)c1coc(C=O)c1.CC(C)(C)c1coc(CO)c1.O=C(O)c1ccc(Br)o1. The van der Waals surface area contributed by atoms with Gasteiger partial charge in [0.25, 0.3) is 0 Å². The number of hydrogen-bond donors (Lipinski definition) is 3. The number of carbonyl (C=O) groups excluding carboxylic acids is 3. The Balaban J connectivity index is 0.000000392. The van der Waals surface area contributed by atoms with Crippen molar-refractivity contribution in [3.8, 4) is 0 Å². The van der Waals surface area contributed by atoms with Crippen molar-refractivity contribution in [3.05, 3.63) is 137 Å². The Bertz CT molecular complexity index is 2360. The summed E-state index contributed by atoms with van der Waals surface area (Å²) in [6.45, 7) is 28.0. The Morgan fingerprint density at radius 1 is 0.538 bits per heavy atom. The van der Waals surface area contributed by atoms with Gasteiger partial charge in [-0.1, -0.05) is 83.1 Å². The molecule has 0 saturated carbocycles. The van der Waals surface area contributed by atoms with Crippen molar-refractivity contribution in [2.24, 2.45) is 0 Å². The maximum absolute atomic E-state index is 11.0. The molecular weight excluding hydrogens is 1100 g/mol. The Morgan fingerprint density at radius 3 is 1.20 bits per heavy atom. The van der Waals surface area contributed by atoms with Crippen LogP contribution in [0.3, 0.4) is 0 Å². The smallest absolute Gasteiger partial charge is 0.371 e. The molecule has 0 amide bonds. The number of Topliss-reactive ketones (excluding diaryl/α,β-unsaturated/α-hetero) is 2. The van der Waals surface area contributed by atoms with E-state index < -0.39 is 5.97 Å². The van der Waals surface area contributed by atoms with E-state index in [9.17, 15) is 19.2 Å². The molecule has 0 aliphatic heterocycles. The third-order valence-electron chi connectivity index (χ3n) is 8.53. The number of aldehydes is 1. The highest BCUT2D eigenvalue weighted by molar-refractivity contribution is 9.11. The van der Waals surface area contributed by atoms with Crippen molar-refractivity contribution in [2.75, 3.05) is 0 Å². The summed E-state index contributed by atoms with van der Waals surface area (Å²) in [6, 6.07) is 13.6. The first-order valence-corrected chi connectivity index (χ1v) is 23.1. The molecule has 0 atom stereocenters. The molecule has 0 radical (unpaired) electrons. The molecule has 0 unspecified atom stereocenters. The topological polar surface area (TPSA) is 208 Å². The van der Waals surface area contributed by atoms with Gasteiger partial charge in [0.2, 0.25) is 5.76 Å². The first-order chi connectivity index (χ1) is 29.7. The predicted molar refractivity (Wildman–Crippen MR) is 262 cm³/mol. The molecule has 0 aliphatic carbocycles. The number of carboxylic acid groups (broad SMARTS) is 1. The van der Waals surface area contributed by atoms with Crippen LogP contribution in [0.2, 0.25) is 0 Å². The van der Waals surface area contributed by atoms with E-state index in [1.165, 1.54) is 26.0 Å². The summed E-state index contributed by atoms with van der Waals surface area (Å²) >= 11 is 12.7. The molecule has 6 heterocycles. The van der Waals surface area contributed by atoms with E-state index in [0.717, 1.165) is 33.2 Å². The molecule has 6 aromatic rings. The van der Waals surface area contributed by atoms with Gasteiger partial charge < -0.3 is 41.8 Å². The van der Waals surface area contributed by atoms with Gasteiger partial charge in [0.05, 0.1) is 12.5 Å². The minimum Gasteiger partial charge on any atom is -0.475 e. The molecule has 0 spiro atoms. The molecule has 65 heavy (non-hydrogen) atoms. The van der Waals surface area contributed by atoms with Gasteiger partial charge in [-0.15, -0.1) is 0 Å². The summed E-state index contributed by atoms with van der Waals surface area (Å²) in [6.07, 6.45) is 4.05. The molecule has 6 aromatic heterocycles. The van der Waals surface area contributed by atoms with Gasteiger partial charge in [-0.3, -0.25) is 14.4 Å². The summed E-state index contributed by atoms with van der Waals surface area (Å²) < 4.78 is 32.6. The number of aliphatic hydroxyl groups is 2. The maximum atomic E-state index is 11.0. The van der Waals surface area contributed by atoms with Crippen LogP contribution in [0.1, 0.15) is 173 Å². The fourth-order valence-electron chi connectivity index (χ4n) is 4.66. The van der Waals surface area contributed by atoms with Crippen LogP contribution >= 0.6 is 63.7 Å². The normalized spacial score (nSPS) is 11.2. The van der Waals surface area contributed by atoms with Crippen LogP contribution < -0.4 is 0 Å². The lowest BCUT2D eigenvalue weighted by molar-refractivity contribution is 0.0660. The van der Waals surface area contributed by atoms with E-state index in [-0.39, 0.29) is 52.2 Å². The molecule has 3 N–H and O–H groups in total. The quantitative estimate of drug-likeness (QED) is 0.105. The lowest BCUT2D eigenvalue weighted by Crippen LogP contribution is -2.10. The standard InChI is InChI=1S/C10H13BrO2.C9H13BrO2.C9H14O2.C9H12O2.C6H5BrO2.C5H3BrO3/c1-6(12)8-5-7(9(11)13-8)10(2,3)4;1-9(2,3)7-4-6(5-11)12-8(7)10;2*1-9(2,3)7-4-8(5-10)11-6-7;1-4(8)5-2-3-6(7)9-5;6-4-2-1-3(9-4)5(7)8/h5H,1-4H3;4,11H,5H2,1-3H3;4,6,10H,5H2,1-3H3;4-6H,1-3H3;2-3H,1H3;1-2H,(H,7,8). The zero-order valence-corrected chi connectivity index (χ0v) is 45.5. The number of aromatic carboxylic acids is 1. The lowest BCUT2D eigenvalue weighted by atomic mass is 9.89. The number of carboxylic acids is 1. The van der Waals surface area contributed by atoms with Gasteiger partial charge in [0, 0.05) is 25.0 Å². The minimum absolute atomic E-state index is 0.00394. The van der Waals surface area contributed by atoms with E-state index >= 15 is 0 Å². The van der Waals surface area contributed by atoms with Crippen LogP contribution in [-0.2, 0) is 34.9 Å². The maximum Gasteiger partial charge on any atom is 0.371 e. The van der Waals surface area contributed by atoms with Gasteiger partial charge in [0.15, 0.2) is 53.8 Å². The number of ketones is 2. The molecule has 0 aliphatic rings. The van der Waals surface area contributed by atoms with Crippen LogP contribution in [0.4, 0.5) is 0 Å². The van der Waals surface area contributed by atoms with E-state index in [1.807, 2.05) is 12.1 Å². The second-order valence-corrected chi connectivity index (χ2v) is 21.3. The van der Waals surface area contributed by atoms with Crippen molar-refractivity contribution in [1.82, 2.24) is 0 Å². The van der Waals surface area contributed by atoms with Gasteiger partial charge in [-0.05, 0) is 145 Å². The van der Waals surface area contributed by atoms with Gasteiger partial charge in [0.1, 0.15) is 24.7 Å². The van der Waals surface area contributed by atoms with Crippen LogP contribution in [0, 0.1) is 0 Å². The summed E-state index contributed by atoms with van der Waals surface area (Å²) in [5.41, 5.74) is 4.51. The van der Waals surface area contributed by atoms with Crippen molar-refractivity contribution in [3.63, 3.8) is 0 Å². The van der Waals surface area contributed by atoms with E-state index in [0.29, 0.717) is 42.8 Å². The summed E-state index contributed by atoms with van der Waals surface area (Å²) in [7, 11) is 0. The second kappa shape index (κ2) is 25.8. The van der Waals surface area contributed by atoms with Gasteiger partial charge >= 0.3 is 5.97 Å². The Kier molecular flexibility index (Phi) is 23.4. The van der Waals surface area contributed by atoms with Crippen molar-refractivity contribution >= 4 is 87.5 Å². The fourth-order valence-corrected chi connectivity index (χ4v) is 7.07. The van der Waals surface area contributed by atoms with Crippen LogP contribution in [0.5, 0.6) is 0 Å². The summed E-state index contributed by atoms with van der Waals surface area (Å²) in [4.78, 5) is 41.9. The third-order valence-corrected chi connectivity index (χ3v) is 10.6. The van der Waals surface area contributed by atoms with Crippen molar-refractivity contribution < 1.29 is 61.0 Å². The average Bonchev–Trinajstić information content (AvgIpc) is 4.03. The first kappa shape index (κ1) is 59.0. The minimum atomic E-state index is -1.05. The molecule has 13 nitrogen and oxygen atoms in total. The molecule has 0 fully saturated rings. The molecule has 17 heteroatoms. The monoisotopic (exact) mass is 1160 g/mol. The zero-order valence-electron chi connectivity index (χ0n) is 39.2. The van der Waals surface area contributed by atoms with Crippen molar-refractivity contribution in [2.45, 2.75) is 132 Å². The molecule has 6 rings (SSSR count). The largest absolute Gasteiger partial charge is 0.475 e. The third kappa shape index (κ3) is 21.0. The average molecular weight is 1160 g/mol. The van der Waals surface area contributed by atoms with E-state index in [1.54, 1.807) is 36.8 Å². The number of rotatable bonds is 6. The fraction of sp³-hybridized carbons (Fsp3) is 0.417. The summed E-state index contributed by atoms with van der Waals surface area (Å²) in [5.74, 6) is 1.23. The van der Waals surface area contributed by atoms with Crippen LogP contribution in [0.25, 0.3) is 0 Å². The zero-order chi connectivity index (χ0) is 50.2. The van der Waals surface area contributed by atoms with Crippen LogP contribution in [0.15, 0.2) is 106 Å². The second-order valence-electron chi connectivity index (χ2n) is 18.3. The molecule has 0 saturated heterocycles. The van der Waals surface area contributed by atoms with Crippen LogP contribution in [-0.4, -0.2) is 39.1 Å². The lowest BCUT2D eigenvalue weighted by Gasteiger charge is -2.15. The van der Waals surface area contributed by atoms with E-state index in [2.05, 4.69) is 151 Å². The van der Waals surface area contributed by atoms with Crippen molar-refractivity contribution in [1.29, 1.82) is 0 Å². The Hall–Kier alpha value is -4.00. The van der Waals surface area contributed by atoms with Gasteiger partial charge in [-0.2, -0.15) is 0 Å².